The van der Waals surface area contributed by atoms with Gasteiger partial charge >= 0.3 is 5.97 Å². The van der Waals surface area contributed by atoms with E-state index in [9.17, 15) is 19.8 Å². The summed E-state index contributed by atoms with van der Waals surface area (Å²) in [6.45, 7) is 9.45. The number of carbonyl (C=O) groups excluding carboxylic acids is 1. The molecule has 0 radical (unpaired) electrons. The van der Waals surface area contributed by atoms with Crippen LogP contribution in [-0.4, -0.2) is 91.3 Å². The second kappa shape index (κ2) is 17.7. The van der Waals surface area contributed by atoms with Crippen molar-refractivity contribution in [1.82, 2.24) is 24.8 Å². The molecular formula is C48H51N9O6S2. The van der Waals surface area contributed by atoms with E-state index in [1.165, 1.54) is 21.6 Å². The lowest BCUT2D eigenvalue weighted by molar-refractivity contribution is -0.157. The number of likely N-dealkylation sites (tertiary alicyclic amines) is 1. The summed E-state index contributed by atoms with van der Waals surface area (Å²) >= 11 is 3.23. The van der Waals surface area contributed by atoms with Gasteiger partial charge in [-0.15, -0.1) is 22.7 Å². The van der Waals surface area contributed by atoms with Gasteiger partial charge in [0.25, 0.3) is 0 Å². The number of hydrogen-bond donors (Lipinski definition) is 4. The summed E-state index contributed by atoms with van der Waals surface area (Å²) < 4.78 is 12.1. The van der Waals surface area contributed by atoms with E-state index in [1.54, 1.807) is 47.2 Å². The number of fused-ring (bicyclic) bond motifs is 8. The van der Waals surface area contributed by atoms with Gasteiger partial charge in [0.2, 0.25) is 5.91 Å². The second-order valence-corrected chi connectivity index (χ2v) is 19.9. The third-order valence-corrected chi connectivity index (χ3v) is 15.0. The second-order valence-electron chi connectivity index (χ2n) is 17.7. The van der Waals surface area contributed by atoms with Crippen molar-refractivity contribution >= 4 is 90.4 Å². The first-order valence-electron chi connectivity index (χ1n) is 22.4. The number of carboxylic acids is 1. The van der Waals surface area contributed by atoms with Crippen LogP contribution in [0.5, 0.6) is 11.5 Å². The third-order valence-electron chi connectivity index (χ3n) is 12.7. The topological polar surface area (TPSA) is 197 Å². The predicted octanol–water partition coefficient (Wildman–Crippen LogP) is 8.20. The van der Waals surface area contributed by atoms with Crippen LogP contribution in [0.4, 0.5) is 23.0 Å². The molecule has 15 nitrogen and oxygen atoms in total. The molecule has 65 heavy (non-hydrogen) atoms. The van der Waals surface area contributed by atoms with Gasteiger partial charge in [-0.1, -0.05) is 13.8 Å². The Kier molecular flexibility index (Phi) is 11.7. The van der Waals surface area contributed by atoms with Gasteiger partial charge in [0.05, 0.1) is 73.1 Å². The number of carboxylic acid groups (broad SMARTS) is 1. The lowest BCUT2D eigenvalue weighted by Gasteiger charge is -2.45. The number of nitrogens with zero attached hydrogens (tertiary/aromatic N) is 7. The Hall–Kier alpha value is -6.04. The number of rotatable bonds is 12. The Labute approximate surface area is 384 Å². The van der Waals surface area contributed by atoms with Crippen molar-refractivity contribution < 1.29 is 29.3 Å². The molecule has 4 N–H and O–H groups in total. The first-order chi connectivity index (χ1) is 31.6. The fourth-order valence-corrected chi connectivity index (χ4v) is 11.9. The van der Waals surface area contributed by atoms with Crippen LogP contribution in [0.3, 0.4) is 0 Å². The number of aliphatic imine (C=N–C) groups is 2. The van der Waals surface area contributed by atoms with E-state index in [2.05, 4.69) is 78.7 Å². The quantitative estimate of drug-likeness (QED) is 0.0920. The van der Waals surface area contributed by atoms with Gasteiger partial charge in [-0.25, -0.2) is 19.9 Å². The highest BCUT2D eigenvalue weighted by Crippen LogP contribution is 2.44. The lowest BCUT2D eigenvalue weighted by atomic mass is 9.85. The highest BCUT2D eigenvalue weighted by Gasteiger charge is 2.42. The zero-order valence-electron chi connectivity index (χ0n) is 36.6. The number of aliphatic carboxylic acids is 1. The fourth-order valence-electron chi connectivity index (χ4n) is 9.41. The molecule has 7 heterocycles. The van der Waals surface area contributed by atoms with Crippen LogP contribution in [0.15, 0.2) is 46.9 Å². The number of aryl methyl sites for hydroxylation is 2. The van der Waals surface area contributed by atoms with Crippen molar-refractivity contribution in [2.75, 3.05) is 36.9 Å². The van der Waals surface area contributed by atoms with E-state index in [4.69, 9.17) is 9.47 Å². The average Bonchev–Trinajstić information content (AvgIpc) is 4.11. The monoisotopic (exact) mass is 913 g/mol. The van der Waals surface area contributed by atoms with Crippen molar-refractivity contribution in [3.8, 4) is 11.5 Å². The molecule has 6 aromatic rings. The first-order valence-corrected chi connectivity index (χ1v) is 24.1. The van der Waals surface area contributed by atoms with E-state index >= 15 is 0 Å². The number of nitrogens with one attached hydrogen (secondary N) is 2. The zero-order chi connectivity index (χ0) is 44.8. The van der Waals surface area contributed by atoms with Gasteiger partial charge in [0.15, 0.2) is 0 Å². The maximum Gasteiger partial charge on any atom is 0.306 e. The average molecular weight is 914 g/mol. The Bertz CT molecular complexity index is 2900. The summed E-state index contributed by atoms with van der Waals surface area (Å²) in [5.41, 5.74) is 7.92. The van der Waals surface area contributed by atoms with Crippen LogP contribution in [-0.2, 0) is 48.4 Å². The largest absolute Gasteiger partial charge is 0.491 e. The molecule has 0 bridgehead atoms. The number of benzene rings is 2. The Balaban J connectivity index is 0.000000155. The van der Waals surface area contributed by atoms with Crippen LogP contribution in [0, 0.1) is 11.8 Å². The summed E-state index contributed by atoms with van der Waals surface area (Å²) in [6.07, 6.45) is 13.1. The van der Waals surface area contributed by atoms with Crippen LogP contribution >= 0.6 is 22.7 Å². The van der Waals surface area contributed by atoms with Crippen LogP contribution < -0.4 is 20.1 Å². The molecule has 11 rings (SSSR count). The molecule has 1 amide bonds. The number of carbonyl (C=O) groups is 2. The molecule has 0 unspecified atom stereocenters. The number of aliphatic hydroxyl groups is 1. The van der Waals surface area contributed by atoms with Crippen molar-refractivity contribution in [1.29, 1.82) is 0 Å². The van der Waals surface area contributed by atoms with E-state index in [-0.39, 0.29) is 17.7 Å². The minimum absolute atomic E-state index is 0.0407. The highest BCUT2D eigenvalue weighted by molar-refractivity contribution is 7.19. The Morgan fingerprint density at radius 3 is 1.72 bits per heavy atom. The number of anilines is 4. The molecule has 0 spiro atoms. The summed E-state index contributed by atoms with van der Waals surface area (Å²) in [4.78, 5) is 57.3. The van der Waals surface area contributed by atoms with E-state index in [0.717, 1.165) is 109 Å². The van der Waals surface area contributed by atoms with Crippen LogP contribution in [0.2, 0.25) is 0 Å². The number of amides is 1. The van der Waals surface area contributed by atoms with Crippen molar-refractivity contribution in [3.63, 3.8) is 0 Å². The van der Waals surface area contributed by atoms with Gasteiger partial charge in [-0.2, -0.15) is 0 Å². The standard InChI is InChI=1S/C26H29N5O3S.C22H22N4O3S/c1-3-6-34-20-8-17-11-27-10-16(17)7-19(20)30-23-22-18-5-4-15(25(32)31-12-26(2,33)13-31)9-21(18)35-24(22)29-14-28-23;1-2-5-29-17-7-14-10-23-9-13(14)6-16(17)26-20-19-15-4-3-12(22(27)28)8-18(15)30-21(19)25-11-24-20/h7-8,10,14-15,33H,3-6,9,11-13H2,1-2H3,(H,28,29,30);6-7,9,11-12H,2-5,8,10H2,1H3,(H,27,28)(H,24,25,26)/t15-;12-/m00/s1. The molecule has 5 aliphatic rings. The number of thiophene rings is 2. The van der Waals surface area contributed by atoms with E-state index in [1.807, 2.05) is 12.4 Å². The van der Waals surface area contributed by atoms with Gasteiger partial charge in [0, 0.05) is 28.1 Å². The van der Waals surface area contributed by atoms with Crippen LogP contribution in [0.1, 0.15) is 89.6 Å². The van der Waals surface area contributed by atoms with E-state index < -0.39 is 11.6 Å². The first kappa shape index (κ1) is 42.9. The molecule has 0 saturated carbocycles. The van der Waals surface area contributed by atoms with Crippen molar-refractivity contribution in [3.05, 3.63) is 80.1 Å². The summed E-state index contributed by atoms with van der Waals surface area (Å²) in [7, 11) is 0. The number of hydrogen-bond acceptors (Lipinski definition) is 15. The summed E-state index contributed by atoms with van der Waals surface area (Å²) in [6, 6.07) is 8.27. The van der Waals surface area contributed by atoms with Gasteiger partial charge in [-0.3, -0.25) is 19.6 Å². The fraction of sp³-hybridized carbons (Fsp3) is 0.417. The Morgan fingerprint density at radius 2 is 1.25 bits per heavy atom. The Morgan fingerprint density at radius 1 is 0.754 bits per heavy atom. The molecule has 3 aliphatic heterocycles. The lowest BCUT2D eigenvalue weighted by Crippen LogP contribution is -2.63. The molecule has 2 aromatic carbocycles. The molecule has 336 valence electrons. The molecule has 2 atom stereocenters. The SMILES string of the molecule is CCCOc1cc2c(cc1Nc1ncnc3sc4c(c13)CC[C@H](C(=O)N1CC(C)(O)C1)C4)C=NC2.CCCOc1cc2c(cc1Nc1ncnc3sc4c(c13)CC[C@H](C(=O)O)C4)C=NC2. The number of aromatic nitrogens is 4. The predicted molar refractivity (Wildman–Crippen MR) is 254 cm³/mol. The van der Waals surface area contributed by atoms with E-state index in [0.29, 0.717) is 58.7 Å². The minimum atomic E-state index is -0.744. The molecule has 1 saturated heterocycles. The van der Waals surface area contributed by atoms with Gasteiger partial charge in [-0.05, 0) is 116 Å². The van der Waals surface area contributed by atoms with Crippen molar-refractivity contribution in [2.24, 2.45) is 21.8 Å². The normalized spacial score (nSPS) is 18.6. The number of ether oxygens (including phenoxy) is 2. The molecule has 4 aromatic heterocycles. The molecule has 2 aliphatic carbocycles. The molecule has 17 heteroatoms. The molecular weight excluding hydrogens is 863 g/mol. The summed E-state index contributed by atoms with van der Waals surface area (Å²) in [5.74, 6) is 2.18. The van der Waals surface area contributed by atoms with Gasteiger partial charge in [0.1, 0.15) is 45.5 Å². The van der Waals surface area contributed by atoms with Crippen molar-refractivity contribution in [2.45, 2.75) is 90.8 Å². The highest BCUT2D eigenvalue weighted by atomic mass is 32.1. The summed E-state index contributed by atoms with van der Waals surface area (Å²) in [5, 5.41) is 28.5. The maximum absolute atomic E-state index is 13.0. The minimum Gasteiger partial charge on any atom is -0.491 e. The van der Waals surface area contributed by atoms with Gasteiger partial charge < -0.3 is 35.2 Å². The maximum atomic E-state index is 13.0. The van der Waals surface area contributed by atoms with Crippen LogP contribution in [0.25, 0.3) is 20.4 Å². The number of β-amino-alcohol motifs (C(OH)–C–C–N with tert-alkyl or cyclic N) is 1. The smallest absolute Gasteiger partial charge is 0.306 e. The zero-order valence-corrected chi connectivity index (χ0v) is 38.3. The molecule has 1 fully saturated rings. The third kappa shape index (κ3) is 8.52.